The molecule has 0 saturated carbocycles. The quantitative estimate of drug-likeness (QED) is 0.660. The van der Waals surface area contributed by atoms with Crippen molar-refractivity contribution in [1.82, 2.24) is 4.98 Å². The summed E-state index contributed by atoms with van der Waals surface area (Å²) >= 11 is 17.7. The Morgan fingerprint density at radius 3 is 2.32 bits per heavy atom. The Bertz CT molecular complexity index is 1170. The number of aromatic amines is 1. The molecular formula is C17H10Cl3NO3S. The third-order valence-electron chi connectivity index (χ3n) is 3.47. The summed E-state index contributed by atoms with van der Waals surface area (Å²) in [6.07, 6.45) is 1.32. The molecule has 0 atom stereocenters. The van der Waals surface area contributed by atoms with Crippen LogP contribution in [0, 0.1) is 0 Å². The smallest absolute Gasteiger partial charge is 0.267 e. The first kappa shape index (κ1) is 18.0. The van der Waals surface area contributed by atoms with E-state index in [1.165, 1.54) is 18.2 Å². The van der Waals surface area contributed by atoms with E-state index in [2.05, 4.69) is 4.98 Å². The summed E-state index contributed by atoms with van der Waals surface area (Å²) in [6, 6.07) is 10.8. The molecule has 1 heterocycles. The first-order chi connectivity index (χ1) is 11.8. The topological polar surface area (TPSA) is 67.0 Å². The zero-order chi connectivity index (χ0) is 18.2. The van der Waals surface area contributed by atoms with Crippen LogP contribution in [0.4, 0.5) is 0 Å². The predicted molar refractivity (Wildman–Crippen MR) is 102 cm³/mol. The molecule has 0 radical (unpaired) electrons. The SMILES string of the molecule is O=c1[nH]c2cc(Cl)ccc2cc1S(=O)(=O)/C=C/c1ccc(Cl)cc1Cl. The fraction of sp³-hybridized carbons (Fsp3) is 0. The highest BCUT2D eigenvalue weighted by Gasteiger charge is 2.16. The summed E-state index contributed by atoms with van der Waals surface area (Å²) < 4.78 is 25.0. The van der Waals surface area contributed by atoms with Gasteiger partial charge in [0, 0.05) is 26.0 Å². The number of pyridine rings is 1. The van der Waals surface area contributed by atoms with Crippen molar-refractivity contribution in [3.63, 3.8) is 0 Å². The highest BCUT2D eigenvalue weighted by Crippen LogP contribution is 2.24. The monoisotopic (exact) mass is 413 g/mol. The van der Waals surface area contributed by atoms with Crippen molar-refractivity contribution in [2.24, 2.45) is 0 Å². The van der Waals surface area contributed by atoms with Crippen LogP contribution in [0.1, 0.15) is 5.56 Å². The van der Waals surface area contributed by atoms with E-state index in [-0.39, 0.29) is 4.90 Å². The van der Waals surface area contributed by atoms with Crippen LogP contribution in [-0.2, 0) is 9.84 Å². The molecule has 0 unspecified atom stereocenters. The second kappa shape index (κ2) is 6.84. The lowest BCUT2D eigenvalue weighted by Gasteiger charge is -2.03. The molecule has 0 saturated heterocycles. The number of fused-ring (bicyclic) bond motifs is 1. The lowest BCUT2D eigenvalue weighted by Crippen LogP contribution is -2.15. The maximum Gasteiger partial charge on any atom is 0.267 e. The van der Waals surface area contributed by atoms with Gasteiger partial charge < -0.3 is 4.98 Å². The summed E-state index contributed by atoms with van der Waals surface area (Å²) in [4.78, 5) is 14.3. The number of benzene rings is 2. The maximum absolute atomic E-state index is 12.5. The molecule has 2 aromatic carbocycles. The van der Waals surface area contributed by atoms with E-state index in [0.717, 1.165) is 5.41 Å². The molecule has 4 nitrogen and oxygen atoms in total. The molecule has 3 rings (SSSR count). The minimum Gasteiger partial charge on any atom is -0.321 e. The van der Waals surface area contributed by atoms with E-state index >= 15 is 0 Å². The van der Waals surface area contributed by atoms with Crippen molar-refractivity contribution in [2.75, 3.05) is 0 Å². The Labute approximate surface area is 158 Å². The molecule has 0 aliphatic heterocycles. The lowest BCUT2D eigenvalue weighted by atomic mass is 10.2. The summed E-state index contributed by atoms with van der Waals surface area (Å²) in [5.41, 5.74) is 0.210. The third kappa shape index (κ3) is 3.90. The fourth-order valence-corrected chi connectivity index (χ4v) is 3.95. The van der Waals surface area contributed by atoms with Gasteiger partial charge in [-0.1, -0.05) is 46.9 Å². The van der Waals surface area contributed by atoms with Crippen molar-refractivity contribution >= 4 is 61.6 Å². The number of sulfone groups is 1. The van der Waals surface area contributed by atoms with Crippen molar-refractivity contribution in [2.45, 2.75) is 4.90 Å². The van der Waals surface area contributed by atoms with Crippen LogP contribution in [0.5, 0.6) is 0 Å². The summed E-state index contributed by atoms with van der Waals surface area (Å²) in [5, 5.41) is 2.68. The molecule has 3 aromatic rings. The second-order valence-electron chi connectivity index (χ2n) is 5.21. The Balaban J connectivity index is 2.06. The Morgan fingerprint density at radius 2 is 1.60 bits per heavy atom. The van der Waals surface area contributed by atoms with E-state index in [4.69, 9.17) is 34.8 Å². The Hall–Kier alpha value is -1.79. The molecule has 0 amide bonds. The molecule has 8 heteroatoms. The highest BCUT2D eigenvalue weighted by atomic mass is 35.5. The molecule has 0 aliphatic carbocycles. The maximum atomic E-state index is 12.5. The van der Waals surface area contributed by atoms with Crippen molar-refractivity contribution in [1.29, 1.82) is 0 Å². The molecule has 0 aliphatic rings. The number of hydrogen-bond acceptors (Lipinski definition) is 3. The van der Waals surface area contributed by atoms with Gasteiger partial charge in [0.1, 0.15) is 4.90 Å². The van der Waals surface area contributed by atoms with Crippen molar-refractivity contribution < 1.29 is 8.42 Å². The van der Waals surface area contributed by atoms with Gasteiger partial charge >= 0.3 is 0 Å². The molecule has 0 fully saturated rings. The zero-order valence-electron chi connectivity index (χ0n) is 12.5. The Kier molecular flexibility index (Phi) is 4.93. The second-order valence-corrected chi connectivity index (χ2v) is 8.29. The van der Waals surface area contributed by atoms with E-state index in [1.807, 2.05) is 0 Å². The molecule has 25 heavy (non-hydrogen) atoms. The van der Waals surface area contributed by atoms with Crippen LogP contribution in [0.2, 0.25) is 15.1 Å². The summed E-state index contributed by atoms with van der Waals surface area (Å²) in [5.74, 6) is 0. The van der Waals surface area contributed by atoms with Gasteiger partial charge in [-0.25, -0.2) is 8.42 Å². The molecule has 1 aromatic heterocycles. The average molecular weight is 415 g/mol. The van der Waals surface area contributed by atoms with Crippen LogP contribution in [0.15, 0.2) is 57.6 Å². The van der Waals surface area contributed by atoms with Gasteiger partial charge in [0.25, 0.3) is 5.56 Å². The Morgan fingerprint density at radius 1 is 0.920 bits per heavy atom. The van der Waals surface area contributed by atoms with Crippen LogP contribution in [0.3, 0.4) is 0 Å². The van der Waals surface area contributed by atoms with Crippen LogP contribution in [0.25, 0.3) is 17.0 Å². The number of rotatable bonds is 3. The number of aromatic nitrogens is 1. The van der Waals surface area contributed by atoms with E-state index in [9.17, 15) is 13.2 Å². The normalized spacial score (nSPS) is 12.1. The highest BCUT2D eigenvalue weighted by molar-refractivity contribution is 7.94. The first-order valence-electron chi connectivity index (χ1n) is 6.97. The van der Waals surface area contributed by atoms with Gasteiger partial charge in [-0.05, 0) is 47.4 Å². The molecule has 0 spiro atoms. The summed E-state index contributed by atoms with van der Waals surface area (Å²) in [6.45, 7) is 0. The van der Waals surface area contributed by atoms with Gasteiger partial charge in [-0.2, -0.15) is 0 Å². The minimum absolute atomic E-state index is 0.306. The minimum atomic E-state index is -3.97. The number of H-pyrrole nitrogens is 1. The van der Waals surface area contributed by atoms with Crippen LogP contribution >= 0.6 is 34.8 Å². The van der Waals surface area contributed by atoms with Gasteiger partial charge in [0.05, 0.1) is 0 Å². The number of halogens is 3. The van der Waals surface area contributed by atoms with E-state index in [1.54, 1.807) is 30.3 Å². The molecule has 1 N–H and O–H groups in total. The summed E-state index contributed by atoms with van der Waals surface area (Å²) in [7, 11) is -3.97. The van der Waals surface area contributed by atoms with Gasteiger partial charge in [0.15, 0.2) is 0 Å². The van der Waals surface area contributed by atoms with Crippen LogP contribution < -0.4 is 5.56 Å². The number of hydrogen-bond donors (Lipinski definition) is 1. The fourth-order valence-electron chi connectivity index (χ4n) is 2.24. The average Bonchev–Trinajstić information content (AvgIpc) is 2.53. The van der Waals surface area contributed by atoms with Gasteiger partial charge in [-0.15, -0.1) is 0 Å². The van der Waals surface area contributed by atoms with Gasteiger partial charge in [0.2, 0.25) is 9.84 Å². The van der Waals surface area contributed by atoms with E-state index in [0.29, 0.717) is 31.5 Å². The zero-order valence-corrected chi connectivity index (χ0v) is 15.5. The predicted octanol–water partition coefficient (Wildman–Crippen LogP) is 4.93. The molecule has 0 bridgehead atoms. The van der Waals surface area contributed by atoms with Crippen molar-refractivity contribution in [3.8, 4) is 0 Å². The largest absolute Gasteiger partial charge is 0.321 e. The third-order valence-corrected chi connectivity index (χ3v) is 5.68. The van der Waals surface area contributed by atoms with Crippen molar-refractivity contribution in [3.05, 3.63) is 78.9 Å². The number of nitrogens with one attached hydrogen (secondary N) is 1. The molecular weight excluding hydrogens is 405 g/mol. The molecule has 128 valence electrons. The lowest BCUT2D eigenvalue weighted by molar-refractivity contribution is 0.603. The first-order valence-corrected chi connectivity index (χ1v) is 9.65. The van der Waals surface area contributed by atoms with E-state index < -0.39 is 15.4 Å². The standard InChI is InChI=1S/C17H10Cl3NO3S/c18-12-3-1-10(14(20)8-12)5-6-25(23,24)16-7-11-2-4-13(19)9-15(11)21-17(16)22/h1-9H,(H,21,22)/b6-5+. The van der Waals surface area contributed by atoms with Crippen LogP contribution in [-0.4, -0.2) is 13.4 Å². The van der Waals surface area contributed by atoms with Gasteiger partial charge in [-0.3, -0.25) is 4.79 Å².